The van der Waals surface area contributed by atoms with Gasteiger partial charge in [0.2, 0.25) is 0 Å². The van der Waals surface area contributed by atoms with Crippen molar-refractivity contribution in [1.29, 1.82) is 0 Å². The number of hydrogen-bond donors (Lipinski definition) is 3. The van der Waals surface area contributed by atoms with Crippen LogP contribution in [0.3, 0.4) is 0 Å². The highest BCUT2D eigenvalue weighted by Gasteiger charge is 2.22. The zero-order valence-corrected chi connectivity index (χ0v) is 11.3. The molecule has 0 aromatic heterocycles. The number of aliphatic hydroxyl groups excluding tert-OH is 2. The minimum Gasteiger partial charge on any atom is -0.466 e. The molecular formula is C14H21NO4. The number of esters is 1. The summed E-state index contributed by atoms with van der Waals surface area (Å²) in [6.07, 6.45) is -1.82. The fourth-order valence-corrected chi connectivity index (χ4v) is 1.84. The zero-order chi connectivity index (χ0) is 14.4. The van der Waals surface area contributed by atoms with Crippen LogP contribution in [-0.2, 0) is 16.0 Å². The van der Waals surface area contributed by atoms with Crippen molar-refractivity contribution < 1.29 is 19.7 Å². The Morgan fingerprint density at radius 3 is 2.63 bits per heavy atom. The predicted molar refractivity (Wildman–Crippen MR) is 72.4 cm³/mol. The smallest absolute Gasteiger partial charge is 0.308 e. The van der Waals surface area contributed by atoms with Gasteiger partial charge in [0, 0.05) is 5.69 Å². The number of aryl methyl sites for hydroxylation is 1. The molecule has 0 saturated heterocycles. The van der Waals surface area contributed by atoms with Gasteiger partial charge in [0.1, 0.15) is 6.10 Å². The van der Waals surface area contributed by atoms with Gasteiger partial charge in [-0.15, -0.1) is 0 Å². The topological polar surface area (TPSA) is 92.8 Å². The first-order valence-electron chi connectivity index (χ1n) is 6.39. The van der Waals surface area contributed by atoms with E-state index in [2.05, 4.69) is 0 Å². The summed E-state index contributed by atoms with van der Waals surface area (Å²) in [5.41, 5.74) is 7.88. The lowest BCUT2D eigenvalue weighted by Crippen LogP contribution is -2.23. The molecule has 0 amide bonds. The van der Waals surface area contributed by atoms with Crippen LogP contribution in [0.1, 0.15) is 37.5 Å². The van der Waals surface area contributed by atoms with Crippen LogP contribution >= 0.6 is 0 Å². The van der Waals surface area contributed by atoms with E-state index in [1.165, 1.54) is 0 Å². The van der Waals surface area contributed by atoms with E-state index in [0.29, 0.717) is 11.3 Å². The number of nitrogen functional groups attached to an aromatic ring is 1. The molecule has 2 atom stereocenters. The molecule has 0 aliphatic carbocycles. The molecule has 2 unspecified atom stereocenters. The molecule has 0 heterocycles. The van der Waals surface area contributed by atoms with Crippen molar-refractivity contribution >= 4 is 11.7 Å². The molecule has 0 aliphatic rings. The van der Waals surface area contributed by atoms with Gasteiger partial charge in [0.05, 0.1) is 19.1 Å². The average molecular weight is 267 g/mol. The summed E-state index contributed by atoms with van der Waals surface area (Å²) < 4.78 is 4.73. The summed E-state index contributed by atoms with van der Waals surface area (Å²) in [5.74, 6) is -0.528. The number of carbonyl (C=O) groups is 1. The first-order valence-corrected chi connectivity index (χ1v) is 6.39. The first kappa shape index (κ1) is 15.5. The minimum atomic E-state index is -1.19. The highest BCUT2D eigenvalue weighted by molar-refractivity contribution is 5.70. The summed E-state index contributed by atoms with van der Waals surface area (Å²) in [4.78, 5) is 11.3. The van der Waals surface area contributed by atoms with Crippen molar-refractivity contribution in [1.82, 2.24) is 0 Å². The lowest BCUT2D eigenvalue weighted by atomic mass is 9.98. The number of ether oxygens (including phenoxy) is 1. The number of aliphatic hydroxyl groups is 2. The number of anilines is 1. The second-order valence-electron chi connectivity index (χ2n) is 4.33. The summed E-state index contributed by atoms with van der Waals surface area (Å²) in [5, 5.41) is 19.8. The zero-order valence-electron chi connectivity index (χ0n) is 11.3. The second kappa shape index (κ2) is 7.11. The van der Waals surface area contributed by atoms with Gasteiger partial charge in [-0.3, -0.25) is 4.79 Å². The number of nitrogens with two attached hydrogens (primary N) is 1. The van der Waals surface area contributed by atoms with Gasteiger partial charge in [-0.25, -0.2) is 0 Å². The van der Waals surface area contributed by atoms with Gasteiger partial charge in [-0.05, 0) is 30.5 Å². The van der Waals surface area contributed by atoms with Gasteiger partial charge in [-0.2, -0.15) is 0 Å². The summed E-state index contributed by atoms with van der Waals surface area (Å²) >= 11 is 0. The van der Waals surface area contributed by atoms with E-state index in [0.717, 1.165) is 12.0 Å². The van der Waals surface area contributed by atoms with Crippen molar-refractivity contribution in [2.24, 2.45) is 0 Å². The third kappa shape index (κ3) is 4.22. The van der Waals surface area contributed by atoms with Crippen LogP contribution in [0, 0.1) is 0 Å². The molecular weight excluding hydrogens is 246 g/mol. The van der Waals surface area contributed by atoms with Crippen molar-refractivity contribution in [3.05, 3.63) is 29.3 Å². The molecule has 0 spiro atoms. The van der Waals surface area contributed by atoms with Crippen LogP contribution in [0.2, 0.25) is 0 Å². The maximum Gasteiger partial charge on any atom is 0.308 e. The van der Waals surface area contributed by atoms with Gasteiger partial charge in [0.15, 0.2) is 0 Å². The predicted octanol–water partition coefficient (Wildman–Crippen LogP) is 1.18. The lowest BCUT2D eigenvalue weighted by molar-refractivity contribution is -0.147. The molecule has 1 aromatic rings. The van der Waals surface area contributed by atoms with Crippen LogP contribution in [-0.4, -0.2) is 28.9 Å². The number of carbonyl (C=O) groups excluding carboxylic acids is 1. The van der Waals surface area contributed by atoms with E-state index in [-0.39, 0.29) is 13.0 Å². The Balaban J connectivity index is 2.76. The third-order valence-corrected chi connectivity index (χ3v) is 2.94. The van der Waals surface area contributed by atoms with Gasteiger partial charge < -0.3 is 20.7 Å². The van der Waals surface area contributed by atoms with E-state index >= 15 is 0 Å². The molecule has 19 heavy (non-hydrogen) atoms. The molecule has 0 fully saturated rings. The van der Waals surface area contributed by atoms with Crippen LogP contribution in [0.4, 0.5) is 5.69 Å². The normalized spacial score (nSPS) is 13.9. The van der Waals surface area contributed by atoms with Crippen molar-refractivity contribution in [3.63, 3.8) is 0 Å². The fraction of sp³-hybridized carbons (Fsp3) is 0.500. The third-order valence-electron chi connectivity index (χ3n) is 2.94. The summed E-state index contributed by atoms with van der Waals surface area (Å²) in [6, 6.07) is 5.08. The second-order valence-corrected chi connectivity index (χ2v) is 4.33. The maximum absolute atomic E-state index is 11.3. The highest BCUT2D eigenvalue weighted by Crippen LogP contribution is 2.23. The number of rotatable bonds is 6. The number of hydrogen-bond acceptors (Lipinski definition) is 5. The minimum absolute atomic E-state index is 0.235. The van der Waals surface area contributed by atoms with E-state index in [1.54, 1.807) is 25.1 Å². The van der Waals surface area contributed by atoms with Crippen molar-refractivity contribution in [2.45, 2.75) is 38.9 Å². The quantitative estimate of drug-likeness (QED) is 0.531. The molecule has 0 aliphatic heterocycles. The van der Waals surface area contributed by atoms with Crippen molar-refractivity contribution in [2.75, 3.05) is 12.3 Å². The molecule has 1 rings (SSSR count). The summed E-state index contributed by atoms with van der Waals surface area (Å²) in [6.45, 7) is 3.90. The van der Waals surface area contributed by atoms with E-state index in [1.807, 2.05) is 6.92 Å². The molecule has 0 bridgehead atoms. The molecule has 5 heteroatoms. The van der Waals surface area contributed by atoms with Gasteiger partial charge >= 0.3 is 5.97 Å². The van der Waals surface area contributed by atoms with Gasteiger partial charge in [-0.1, -0.05) is 19.1 Å². The van der Waals surface area contributed by atoms with Gasteiger partial charge in [0.25, 0.3) is 0 Å². The molecule has 5 nitrogen and oxygen atoms in total. The van der Waals surface area contributed by atoms with E-state index < -0.39 is 18.2 Å². The van der Waals surface area contributed by atoms with Crippen LogP contribution < -0.4 is 5.73 Å². The lowest BCUT2D eigenvalue weighted by Gasteiger charge is -2.18. The summed E-state index contributed by atoms with van der Waals surface area (Å²) in [7, 11) is 0. The first-order chi connectivity index (χ1) is 8.99. The standard InChI is InChI=1S/C14H21NO4/c1-3-9-7-10(5-6-11(9)15)14(18)12(16)8-13(17)19-4-2/h5-7,12,14,16,18H,3-4,8,15H2,1-2H3. The Morgan fingerprint density at radius 1 is 1.37 bits per heavy atom. The van der Waals surface area contributed by atoms with Crippen LogP contribution in [0.5, 0.6) is 0 Å². The monoisotopic (exact) mass is 267 g/mol. The SMILES string of the molecule is CCOC(=O)CC(O)C(O)c1ccc(N)c(CC)c1. The number of benzene rings is 1. The van der Waals surface area contributed by atoms with Crippen LogP contribution in [0.25, 0.3) is 0 Å². The molecule has 0 saturated carbocycles. The van der Waals surface area contributed by atoms with E-state index in [4.69, 9.17) is 10.5 Å². The fourth-order valence-electron chi connectivity index (χ4n) is 1.84. The molecule has 1 aromatic carbocycles. The van der Waals surface area contributed by atoms with Crippen molar-refractivity contribution in [3.8, 4) is 0 Å². The Bertz CT molecular complexity index is 433. The largest absolute Gasteiger partial charge is 0.466 e. The average Bonchev–Trinajstić information content (AvgIpc) is 2.38. The Labute approximate surface area is 113 Å². The Kier molecular flexibility index (Phi) is 5.79. The highest BCUT2D eigenvalue weighted by atomic mass is 16.5. The Hall–Kier alpha value is -1.59. The molecule has 0 radical (unpaired) electrons. The molecule has 4 N–H and O–H groups in total. The Morgan fingerprint density at radius 2 is 2.05 bits per heavy atom. The maximum atomic E-state index is 11.3. The molecule has 106 valence electrons. The van der Waals surface area contributed by atoms with E-state index in [9.17, 15) is 15.0 Å². The van der Waals surface area contributed by atoms with Crippen LogP contribution in [0.15, 0.2) is 18.2 Å².